The lowest BCUT2D eigenvalue weighted by Crippen LogP contribution is -2.20. The number of ether oxygens (including phenoxy) is 1. The van der Waals surface area contributed by atoms with Crippen molar-refractivity contribution in [2.45, 2.75) is 6.04 Å². The van der Waals surface area contributed by atoms with Crippen molar-refractivity contribution in [3.8, 4) is 5.88 Å². The Hall–Kier alpha value is -1.95. The molecule has 90 valence electrons. The van der Waals surface area contributed by atoms with E-state index in [4.69, 9.17) is 4.74 Å². The van der Waals surface area contributed by atoms with E-state index in [9.17, 15) is 0 Å². The minimum absolute atomic E-state index is 0.0605. The molecule has 0 saturated heterocycles. The highest BCUT2D eigenvalue weighted by atomic mass is 16.5. The lowest BCUT2D eigenvalue weighted by Gasteiger charge is -2.12. The third-order valence-corrected chi connectivity index (χ3v) is 2.48. The molecule has 0 radical (unpaired) electrons. The maximum Gasteiger partial charge on any atom is 0.233 e. The van der Waals surface area contributed by atoms with Gasteiger partial charge in [-0.2, -0.15) is 5.10 Å². The molecule has 0 saturated carbocycles. The summed E-state index contributed by atoms with van der Waals surface area (Å²) in [4.78, 5) is 0. The number of hydrogen-bond donors (Lipinski definition) is 1. The topological polar surface area (TPSA) is 64.9 Å². The van der Waals surface area contributed by atoms with Gasteiger partial charge in [0, 0.05) is 19.3 Å². The van der Waals surface area contributed by atoms with Gasteiger partial charge in [-0.25, -0.2) is 0 Å². The van der Waals surface area contributed by atoms with Crippen LogP contribution in [0.1, 0.15) is 17.4 Å². The van der Waals surface area contributed by atoms with Gasteiger partial charge in [-0.3, -0.25) is 4.68 Å². The van der Waals surface area contributed by atoms with Crippen molar-refractivity contribution in [2.24, 2.45) is 7.05 Å². The van der Waals surface area contributed by atoms with Gasteiger partial charge in [0.2, 0.25) is 5.88 Å². The van der Waals surface area contributed by atoms with E-state index in [-0.39, 0.29) is 6.04 Å². The number of aryl methyl sites for hydroxylation is 1. The van der Waals surface area contributed by atoms with Crippen molar-refractivity contribution >= 4 is 0 Å². The third kappa shape index (κ3) is 2.42. The smallest absolute Gasteiger partial charge is 0.233 e. The fourth-order valence-electron chi connectivity index (χ4n) is 1.63. The van der Waals surface area contributed by atoms with Crippen LogP contribution in [0.5, 0.6) is 5.88 Å². The molecule has 0 amide bonds. The predicted octanol–water partition coefficient (Wildman–Crippen LogP) is 0.527. The zero-order chi connectivity index (χ0) is 12.3. The molecular weight excluding hydrogens is 218 g/mol. The molecule has 0 bridgehead atoms. The standard InChI is InChI=1S/C11H15N5O/c1-12-11(9-6-7-16(2)15-9)8-4-5-10(17-3)14-13-8/h4-7,11-12H,1-3H3. The molecule has 2 rings (SSSR count). The van der Waals surface area contributed by atoms with Crippen molar-refractivity contribution in [3.05, 3.63) is 35.8 Å². The summed E-state index contributed by atoms with van der Waals surface area (Å²) < 4.78 is 6.74. The Morgan fingerprint density at radius 3 is 2.53 bits per heavy atom. The van der Waals surface area contributed by atoms with Gasteiger partial charge in [0.15, 0.2) is 0 Å². The minimum Gasteiger partial charge on any atom is -0.480 e. The van der Waals surface area contributed by atoms with Gasteiger partial charge in [-0.05, 0) is 19.2 Å². The molecule has 2 aromatic rings. The number of methoxy groups -OCH3 is 1. The first-order chi connectivity index (χ1) is 8.24. The number of hydrogen-bond acceptors (Lipinski definition) is 5. The number of rotatable bonds is 4. The van der Waals surface area contributed by atoms with Crippen LogP contribution >= 0.6 is 0 Å². The first-order valence-corrected chi connectivity index (χ1v) is 5.29. The monoisotopic (exact) mass is 233 g/mol. The van der Waals surface area contributed by atoms with E-state index in [0.717, 1.165) is 11.4 Å². The molecule has 1 atom stereocenters. The Kier molecular flexibility index (Phi) is 3.34. The number of nitrogens with one attached hydrogen (secondary N) is 1. The summed E-state index contributed by atoms with van der Waals surface area (Å²) in [5, 5.41) is 15.6. The quantitative estimate of drug-likeness (QED) is 0.834. The summed E-state index contributed by atoms with van der Waals surface area (Å²) in [6, 6.07) is 5.55. The zero-order valence-electron chi connectivity index (χ0n) is 10.1. The number of nitrogens with zero attached hydrogens (tertiary/aromatic N) is 4. The third-order valence-electron chi connectivity index (χ3n) is 2.48. The second kappa shape index (κ2) is 4.92. The lowest BCUT2D eigenvalue weighted by atomic mass is 10.1. The minimum atomic E-state index is -0.0605. The summed E-state index contributed by atoms with van der Waals surface area (Å²) in [5.41, 5.74) is 1.72. The highest BCUT2D eigenvalue weighted by molar-refractivity contribution is 5.22. The Morgan fingerprint density at radius 2 is 2.06 bits per heavy atom. The van der Waals surface area contributed by atoms with Crippen LogP contribution in [-0.4, -0.2) is 34.1 Å². The predicted molar refractivity (Wildman–Crippen MR) is 62.7 cm³/mol. The maximum absolute atomic E-state index is 4.98. The SMILES string of the molecule is CNC(c1ccc(OC)nn1)c1ccn(C)n1. The first-order valence-electron chi connectivity index (χ1n) is 5.29. The molecule has 0 spiro atoms. The van der Waals surface area contributed by atoms with Crippen molar-refractivity contribution in [2.75, 3.05) is 14.2 Å². The summed E-state index contributed by atoms with van der Waals surface area (Å²) in [5.74, 6) is 0.504. The Labute approximate surface area is 99.6 Å². The Balaban J connectivity index is 2.28. The van der Waals surface area contributed by atoms with Gasteiger partial charge in [0.05, 0.1) is 24.5 Å². The summed E-state index contributed by atoms with van der Waals surface area (Å²) in [6.07, 6.45) is 1.90. The highest BCUT2D eigenvalue weighted by Crippen LogP contribution is 2.18. The second-order valence-electron chi connectivity index (χ2n) is 3.64. The van der Waals surface area contributed by atoms with Crippen LogP contribution in [-0.2, 0) is 7.05 Å². The molecule has 0 aliphatic rings. The van der Waals surface area contributed by atoms with Gasteiger partial charge >= 0.3 is 0 Å². The summed E-state index contributed by atoms with van der Waals surface area (Å²) in [7, 11) is 5.32. The van der Waals surface area contributed by atoms with Crippen LogP contribution < -0.4 is 10.1 Å². The van der Waals surface area contributed by atoms with Gasteiger partial charge in [0.25, 0.3) is 0 Å². The molecule has 1 unspecified atom stereocenters. The fraction of sp³-hybridized carbons (Fsp3) is 0.364. The van der Waals surface area contributed by atoms with Crippen molar-refractivity contribution in [1.29, 1.82) is 0 Å². The van der Waals surface area contributed by atoms with E-state index in [2.05, 4.69) is 20.6 Å². The molecule has 0 aliphatic carbocycles. The van der Waals surface area contributed by atoms with Gasteiger partial charge in [0.1, 0.15) is 0 Å². The average molecular weight is 233 g/mol. The molecular formula is C11H15N5O. The van der Waals surface area contributed by atoms with Crippen LogP contribution in [0.2, 0.25) is 0 Å². The average Bonchev–Trinajstić information content (AvgIpc) is 2.78. The van der Waals surface area contributed by atoms with Crippen LogP contribution in [0.15, 0.2) is 24.4 Å². The van der Waals surface area contributed by atoms with Gasteiger partial charge in [-0.1, -0.05) is 0 Å². The molecule has 0 aliphatic heterocycles. The van der Waals surface area contributed by atoms with Crippen molar-refractivity contribution in [3.63, 3.8) is 0 Å². The lowest BCUT2D eigenvalue weighted by molar-refractivity contribution is 0.390. The van der Waals surface area contributed by atoms with E-state index in [1.54, 1.807) is 17.9 Å². The van der Waals surface area contributed by atoms with Gasteiger partial charge in [-0.15, -0.1) is 10.2 Å². The molecule has 0 fully saturated rings. The summed E-state index contributed by atoms with van der Waals surface area (Å²) in [6.45, 7) is 0. The molecule has 17 heavy (non-hydrogen) atoms. The van der Waals surface area contributed by atoms with E-state index < -0.39 is 0 Å². The number of aromatic nitrogens is 4. The Bertz CT molecular complexity index is 479. The normalized spacial score (nSPS) is 12.4. The molecule has 2 aromatic heterocycles. The molecule has 0 aromatic carbocycles. The summed E-state index contributed by atoms with van der Waals surface area (Å²) >= 11 is 0. The van der Waals surface area contributed by atoms with Crippen molar-refractivity contribution < 1.29 is 4.74 Å². The molecule has 6 nitrogen and oxygen atoms in total. The molecule has 2 heterocycles. The van der Waals surface area contributed by atoms with Crippen molar-refractivity contribution in [1.82, 2.24) is 25.3 Å². The Morgan fingerprint density at radius 1 is 1.24 bits per heavy atom. The first kappa shape index (κ1) is 11.5. The van der Waals surface area contributed by atoms with Crippen LogP contribution in [0.3, 0.4) is 0 Å². The second-order valence-corrected chi connectivity index (χ2v) is 3.64. The molecule has 6 heteroatoms. The van der Waals surface area contributed by atoms with E-state index in [1.165, 1.54) is 0 Å². The fourth-order valence-corrected chi connectivity index (χ4v) is 1.63. The van der Waals surface area contributed by atoms with E-state index >= 15 is 0 Å². The molecule has 1 N–H and O–H groups in total. The van der Waals surface area contributed by atoms with Crippen LogP contribution in [0, 0.1) is 0 Å². The largest absolute Gasteiger partial charge is 0.480 e. The van der Waals surface area contributed by atoms with Crippen LogP contribution in [0.4, 0.5) is 0 Å². The van der Waals surface area contributed by atoms with Gasteiger partial charge < -0.3 is 10.1 Å². The van der Waals surface area contributed by atoms with E-state index in [0.29, 0.717) is 5.88 Å². The van der Waals surface area contributed by atoms with E-state index in [1.807, 2.05) is 32.4 Å². The van der Waals surface area contributed by atoms with Crippen LogP contribution in [0.25, 0.3) is 0 Å². The highest BCUT2D eigenvalue weighted by Gasteiger charge is 2.16. The zero-order valence-corrected chi connectivity index (χ0v) is 10.1. The maximum atomic E-state index is 4.98.